The predicted molar refractivity (Wildman–Crippen MR) is 93.5 cm³/mol. The van der Waals surface area contributed by atoms with E-state index >= 15 is 0 Å². The zero-order chi connectivity index (χ0) is 15.5. The number of aliphatic imine (C=N–C) groups is 1. The molecule has 3 nitrogen and oxygen atoms in total. The van der Waals surface area contributed by atoms with Crippen LogP contribution in [0.3, 0.4) is 0 Å². The smallest absolute Gasteiger partial charge is 0.227 e. The molecule has 3 heteroatoms. The first kappa shape index (κ1) is 14.3. The lowest BCUT2D eigenvalue weighted by Gasteiger charge is -2.06. The highest BCUT2D eigenvalue weighted by molar-refractivity contribution is 6.07. The summed E-state index contributed by atoms with van der Waals surface area (Å²) in [6, 6.07) is 8.22. The molecular weight excluding hydrogens is 272 g/mol. The van der Waals surface area contributed by atoms with Crippen LogP contribution in [-0.4, -0.2) is 18.2 Å². The molecule has 0 fully saturated rings. The summed E-state index contributed by atoms with van der Waals surface area (Å²) in [6.45, 7) is 4.19. The van der Waals surface area contributed by atoms with Gasteiger partial charge in [-0.3, -0.25) is 4.99 Å². The molecule has 0 unspecified atom stereocenters. The van der Waals surface area contributed by atoms with Crippen molar-refractivity contribution in [1.82, 2.24) is 4.98 Å². The number of hydrogen-bond donors (Lipinski definition) is 0. The van der Waals surface area contributed by atoms with Gasteiger partial charge in [-0.05, 0) is 43.2 Å². The summed E-state index contributed by atoms with van der Waals surface area (Å²) in [5.74, 6) is 0. The molecule has 0 bridgehead atoms. The molecule has 0 saturated carbocycles. The van der Waals surface area contributed by atoms with Crippen LogP contribution in [-0.2, 0) is 0 Å². The second-order valence-corrected chi connectivity index (χ2v) is 5.23. The minimum absolute atomic E-state index is 0.686. The normalized spacial score (nSPS) is 13.1. The number of hydrogen-bond acceptors (Lipinski definition) is 3. The SMILES string of the molecule is CN=C/C=C\C=C(/C)c1c(C)ccc2c1oc1ncccc12. The molecule has 2 heterocycles. The van der Waals surface area contributed by atoms with E-state index in [1.54, 1.807) is 19.5 Å². The van der Waals surface area contributed by atoms with Crippen molar-refractivity contribution in [3.63, 3.8) is 0 Å². The Balaban J connectivity index is 2.22. The molecule has 2 aromatic heterocycles. The summed E-state index contributed by atoms with van der Waals surface area (Å²) >= 11 is 0. The van der Waals surface area contributed by atoms with E-state index in [-0.39, 0.29) is 0 Å². The van der Waals surface area contributed by atoms with Gasteiger partial charge in [0.1, 0.15) is 5.58 Å². The summed E-state index contributed by atoms with van der Waals surface area (Å²) in [4.78, 5) is 8.25. The number of benzene rings is 1. The number of nitrogens with zero attached hydrogens (tertiary/aromatic N) is 2. The van der Waals surface area contributed by atoms with Crippen LogP contribution in [0.5, 0.6) is 0 Å². The van der Waals surface area contributed by atoms with Gasteiger partial charge in [0.05, 0.1) is 0 Å². The van der Waals surface area contributed by atoms with Gasteiger partial charge in [0, 0.05) is 35.8 Å². The van der Waals surface area contributed by atoms with Crippen molar-refractivity contribution in [3.8, 4) is 0 Å². The largest absolute Gasteiger partial charge is 0.437 e. The minimum Gasteiger partial charge on any atom is -0.437 e. The maximum Gasteiger partial charge on any atom is 0.227 e. The van der Waals surface area contributed by atoms with Crippen molar-refractivity contribution in [2.75, 3.05) is 7.05 Å². The third kappa shape index (κ3) is 2.46. The van der Waals surface area contributed by atoms with Crippen LogP contribution >= 0.6 is 0 Å². The van der Waals surface area contributed by atoms with Crippen molar-refractivity contribution in [3.05, 3.63) is 59.8 Å². The Labute approximate surface area is 129 Å². The molecule has 0 aliphatic carbocycles. The van der Waals surface area contributed by atoms with Gasteiger partial charge in [-0.25, -0.2) is 4.98 Å². The fourth-order valence-corrected chi connectivity index (χ4v) is 2.68. The monoisotopic (exact) mass is 290 g/mol. The van der Waals surface area contributed by atoms with E-state index in [0.717, 1.165) is 27.5 Å². The second-order valence-electron chi connectivity index (χ2n) is 5.23. The molecule has 110 valence electrons. The molecule has 0 atom stereocenters. The quantitative estimate of drug-likeness (QED) is 0.505. The fraction of sp³-hybridized carbons (Fsp3) is 0.158. The second kappa shape index (κ2) is 5.98. The lowest BCUT2D eigenvalue weighted by atomic mass is 9.98. The Morgan fingerprint density at radius 1 is 1.18 bits per heavy atom. The highest BCUT2D eigenvalue weighted by Crippen LogP contribution is 2.34. The Morgan fingerprint density at radius 3 is 2.86 bits per heavy atom. The van der Waals surface area contributed by atoms with Crippen LogP contribution in [0.1, 0.15) is 18.1 Å². The fourth-order valence-electron chi connectivity index (χ4n) is 2.68. The zero-order valence-corrected chi connectivity index (χ0v) is 13.0. The molecule has 0 saturated heterocycles. The van der Waals surface area contributed by atoms with E-state index in [2.05, 4.69) is 42.0 Å². The number of fused-ring (bicyclic) bond motifs is 3. The molecule has 0 N–H and O–H groups in total. The molecule has 0 aliphatic rings. The zero-order valence-electron chi connectivity index (χ0n) is 13.0. The van der Waals surface area contributed by atoms with E-state index in [9.17, 15) is 0 Å². The molecule has 3 aromatic rings. The topological polar surface area (TPSA) is 38.4 Å². The van der Waals surface area contributed by atoms with E-state index in [4.69, 9.17) is 4.42 Å². The molecule has 1 aromatic carbocycles. The van der Waals surface area contributed by atoms with Gasteiger partial charge in [0.2, 0.25) is 5.71 Å². The molecule has 3 rings (SSSR count). The van der Waals surface area contributed by atoms with Crippen LogP contribution < -0.4 is 0 Å². The standard InChI is InChI=1S/C19H18N2O/c1-13(7-4-5-11-20-3)17-14(2)9-10-15-16-8-6-12-21-19(16)22-18(15)17/h4-12H,1-3H3/b5-4-,13-7+,20-11?. The highest BCUT2D eigenvalue weighted by Gasteiger charge is 2.14. The Bertz CT molecular complexity index is 914. The summed E-state index contributed by atoms with van der Waals surface area (Å²) in [5, 5.41) is 2.16. The molecule has 0 amide bonds. The van der Waals surface area contributed by atoms with Crippen molar-refractivity contribution >= 4 is 33.9 Å². The number of aryl methyl sites for hydroxylation is 1. The van der Waals surface area contributed by atoms with E-state index in [1.807, 2.05) is 24.3 Å². The summed E-state index contributed by atoms with van der Waals surface area (Å²) in [5.41, 5.74) is 5.07. The van der Waals surface area contributed by atoms with Crippen molar-refractivity contribution in [1.29, 1.82) is 0 Å². The average molecular weight is 290 g/mol. The lowest BCUT2D eigenvalue weighted by Crippen LogP contribution is -1.86. The maximum absolute atomic E-state index is 6.01. The van der Waals surface area contributed by atoms with E-state index in [0.29, 0.717) is 5.71 Å². The van der Waals surface area contributed by atoms with Gasteiger partial charge in [-0.1, -0.05) is 24.3 Å². The van der Waals surface area contributed by atoms with E-state index in [1.165, 1.54) is 5.56 Å². The third-order valence-corrected chi connectivity index (χ3v) is 3.71. The van der Waals surface area contributed by atoms with Gasteiger partial charge >= 0.3 is 0 Å². The summed E-state index contributed by atoms with van der Waals surface area (Å²) < 4.78 is 6.01. The minimum atomic E-state index is 0.686. The third-order valence-electron chi connectivity index (χ3n) is 3.71. The summed E-state index contributed by atoms with van der Waals surface area (Å²) in [7, 11) is 1.76. The van der Waals surface area contributed by atoms with Crippen molar-refractivity contribution < 1.29 is 4.42 Å². The van der Waals surface area contributed by atoms with Gasteiger partial charge in [-0.2, -0.15) is 0 Å². The molecule has 0 radical (unpaired) electrons. The number of allylic oxidation sites excluding steroid dienone is 4. The first-order valence-corrected chi connectivity index (χ1v) is 7.25. The molecule has 0 spiro atoms. The van der Waals surface area contributed by atoms with Crippen molar-refractivity contribution in [2.45, 2.75) is 13.8 Å². The lowest BCUT2D eigenvalue weighted by molar-refractivity contribution is 0.652. The Morgan fingerprint density at radius 2 is 2.05 bits per heavy atom. The number of aromatic nitrogens is 1. The van der Waals surface area contributed by atoms with Crippen molar-refractivity contribution in [2.24, 2.45) is 4.99 Å². The summed E-state index contributed by atoms with van der Waals surface area (Å²) in [6.07, 6.45) is 9.50. The van der Waals surface area contributed by atoms with Crippen LogP contribution in [0.15, 0.2) is 58.1 Å². The van der Waals surface area contributed by atoms with Gasteiger partial charge < -0.3 is 4.42 Å². The predicted octanol–water partition coefficient (Wildman–Crippen LogP) is 4.95. The maximum atomic E-state index is 6.01. The Kier molecular flexibility index (Phi) is 3.88. The first-order chi connectivity index (χ1) is 10.7. The van der Waals surface area contributed by atoms with Crippen LogP contribution in [0.2, 0.25) is 0 Å². The number of furan rings is 1. The molecule has 0 aliphatic heterocycles. The van der Waals surface area contributed by atoms with Gasteiger partial charge in [-0.15, -0.1) is 0 Å². The average Bonchev–Trinajstić information content (AvgIpc) is 2.89. The first-order valence-electron chi connectivity index (χ1n) is 7.25. The van der Waals surface area contributed by atoms with E-state index < -0.39 is 0 Å². The highest BCUT2D eigenvalue weighted by atomic mass is 16.3. The van der Waals surface area contributed by atoms with Gasteiger partial charge in [0.25, 0.3) is 0 Å². The molecule has 22 heavy (non-hydrogen) atoms. The Hall–Kier alpha value is -2.68. The number of pyridine rings is 1. The van der Waals surface area contributed by atoms with Gasteiger partial charge in [0.15, 0.2) is 0 Å². The van der Waals surface area contributed by atoms with Crippen LogP contribution in [0, 0.1) is 6.92 Å². The van der Waals surface area contributed by atoms with Crippen LogP contribution in [0.4, 0.5) is 0 Å². The number of rotatable bonds is 3. The molecular formula is C19H18N2O. The van der Waals surface area contributed by atoms with Crippen LogP contribution in [0.25, 0.3) is 27.6 Å².